The second kappa shape index (κ2) is 7.87. The molecular weight excluding hydrogens is 402 g/mol. The standard InChI is InChI=1S/C17H14BrN5O3/c18-13-4-6-15(7-5-13)22(11-14-3-1-2-9-19-14)17(24)12-21-10-8-16(20-21)23(25)26/h1-10H,11-12H2. The number of anilines is 1. The summed E-state index contributed by atoms with van der Waals surface area (Å²) in [5.74, 6) is -0.548. The van der Waals surface area contributed by atoms with Crippen molar-refractivity contribution in [2.45, 2.75) is 13.1 Å². The summed E-state index contributed by atoms with van der Waals surface area (Å²) in [5.41, 5.74) is 1.43. The van der Waals surface area contributed by atoms with E-state index in [1.807, 2.05) is 36.4 Å². The number of carbonyl (C=O) groups is 1. The highest BCUT2D eigenvalue weighted by Crippen LogP contribution is 2.21. The Morgan fingerprint density at radius 1 is 1.19 bits per heavy atom. The summed E-state index contributed by atoms with van der Waals surface area (Å²) in [4.78, 5) is 28.8. The maximum atomic E-state index is 12.8. The molecule has 9 heteroatoms. The lowest BCUT2D eigenvalue weighted by molar-refractivity contribution is -0.389. The highest BCUT2D eigenvalue weighted by molar-refractivity contribution is 9.10. The van der Waals surface area contributed by atoms with Crippen LogP contribution in [0.5, 0.6) is 0 Å². The van der Waals surface area contributed by atoms with Crippen LogP contribution in [-0.4, -0.2) is 25.6 Å². The number of aromatic nitrogens is 3. The van der Waals surface area contributed by atoms with Crippen molar-refractivity contribution in [2.24, 2.45) is 0 Å². The monoisotopic (exact) mass is 415 g/mol. The maximum Gasteiger partial charge on any atom is 0.389 e. The van der Waals surface area contributed by atoms with Gasteiger partial charge >= 0.3 is 5.82 Å². The Morgan fingerprint density at radius 2 is 1.96 bits per heavy atom. The molecule has 2 aromatic heterocycles. The van der Waals surface area contributed by atoms with Crippen LogP contribution in [0, 0.1) is 10.1 Å². The van der Waals surface area contributed by atoms with Gasteiger partial charge in [-0.15, -0.1) is 0 Å². The van der Waals surface area contributed by atoms with Crippen molar-refractivity contribution in [3.63, 3.8) is 0 Å². The van der Waals surface area contributed by atoms with Gasteiger partial charge in [0, 0.05) is 16.4 Å². The summed E-state index contributed by atoms with van der Waals surface area (Å²) >= 11 is 3.37. The van der Waals surface area contributed by atoms with Crippen LogP contribution in [0.4, 0.5) is 11.5 Å². The minimum atomic E-state index is -0.596. The van der Waals surface area contributed by atoms with Gasteiger partial charge in [0.1, 0.15) is 6.54 Å². The summed E-state index contributed by atoms with van der Waals surface area (Å²) in [6, 6.07) is 14.1. The summed E-state index contributed by atoms with van der Waals surface area (Å²) in [5, 5.41) is 14.5. The molecule has 2 heterocycles. The van der Waals surface area contributed by atoms with Gasteiger partial charge in [-0.25, -0.2) is 0 Å². The highest BCUT2D eigenvalue weighted by Gasteiger charge is 2.20. The summed E-state index contributed by atoms with van der Waals surface area (Å²) < 4.78 is 2.15. The Bertz CT molecular complexity index is 912. The molecule has 1 amide bonds. The second-order valence-corrected chi connectivity index (χ2v) is 6.32. The first-order chi connectivity index (χ1) is 12.5. The van der Waals surface area contributed by atoms with Crippen LogP contribution in [0.15, 0.2) is 65.4 Å². The average Bonchev–Trinajstić information content (AvgIpc) is 3.10. The summed E-state index contributed by atoms with van der Waals surface area (Å²) in [6.07, 6.45) is 3.08. The molecule has 3 rings (SSSR count). The second-order valence-electron chi connectivity index (χ2n) is 5.41. The number of nitro groups is 1. The normalized spacial score (nSPS) is 10.5. The average molecular weight is 416 g/mol. The van der Waals surface area contributed by atoms with Crippen molar-refractivity contribution < 1.29 is 9.72 Å². The summed E-state index contributed by atoms with van der Waals surface area (Å²) in [6.45, 7) is 0.168. The molecule has 0 bridgehead atoms. The van der Waals surface area contributed by atoms with E-state index >= 15 is 0 Å². The fourth-order valence-corrected chi connectivity index (χ4v) is 2.62. The molecule has 26 heavy (non-hydrogen) atoms. The van der Waals surface area contributed by atoms with E-state index < -0.39 is 4.92 Å². The molecule has 0 atom stereocenters. The molecule has 0 aliphatic carbocycles. The molecule has 0 radical (unpaired) electrons. The third-order valence-electron chi connectivity index (χ3n) is 3.60. The molecule has 132 valence electrons. The lowest BCUT2D eigenvalue weighted by Crippen LogP contribution is -2.33. The lowest BCUT2D eigenvalue weighted by atomic mass is 10.2. The molecule has 0 saturated carbocycles. The van der Waals surface area contributed by atoms with E-state index in [-0.39, 0.29) is 24.8 Å². The van der Waals surface area contributed by atoms with Crippen molar-refractivity contribution in [2.75, 3.05) is 4.90 Å². The molecule has 3 aromatic rings. The van der Waals surface area contributed by atoms with Crippen LogP contribution in [0.3, 0.4) is 0 Å². The van der Waals surface area contributed by atoms with Crippen LogP contribution in [-0.2, 0) is 17.9 Å². The van der Waals surface area contributed by atoms with Crippen molar-refractivity contribution in [1.29, 1.82) is 0 Å². The van der Waals surface area contributed by atoms with E-state index in [1.165, 1.54) is 16.9 Å². The fraction of sp³-hybridized carbons (Fsp3) is 0.118. The first-order valence-corrected chi connectivity index (χ1v) is 8.46. The largest absolute Gasteiger partial charge is 0.389 e. The first kappa shape index (κ1) is 17.7. The predicted molar refractivity (Wildman–Crippen MR) is 98.5 cm³/mol. The van der Waals surface area contributed by atoms with Gasteiger partial charge in [-0.05, 0) is 41.3 Å². The molecule has 0 unspecified atom stereocenters. The topological polar surface area (TPSA) is 94.2 Å². The van der Waals surface area contributed by atoms with Crippen LogP contribution >= 0.6 is 15.9 Å². The number of pyridine rings is 1. The van der Waals surface area contributed by atoms with Gasteiger partial charge in [0.15, 0.2) is 0 Å². The number of nitrogens with zero attached hydrogens (tertiary/aromatic N) is 5. The van der Waals surface area contributed by atoms with Gasteiger partial charge in [0.2, 0.25) is 0 Å². The number of rotatable bonds is 6. The third kappa shape index (κ3) is 4.31. The third-order valence-corrected chi connectivity index (χ3v) is 4.13. The van der Waals surface area contributed by atoms with E-state index in [4.69, 9.17) is 0 Å². The lowest BCUT2D eigenvalue weighted by Gasteiger charge is -2.22. The number of halogens is 1. The van der Waals surface area contributed by atoms with E-state index in [0.717, 1.165) is 10.2 Å². The van der Waals surface area contributed by atoms with E-state index in [9.17, 15) is 14.9 Å². The van der Waals surface area contributed by atoms with Crippen LogP contribution in [0.2, 0.25) is 0 Å². The Balaban J connectivity index is 1.84. The quantitative estimate of drug-likeness (QED) is 0.455. The zero-order valence-electron chi connectivity index (χ0n) is 13.5. The number of hydrogen-bond donors (Lipinski definition) is 0. The van der Waals surface area contributed by atoms with Gasteiger partial charge in [-0.2, -0.15) is 4.68 Å². The first-order valence-electron chi connectivity index (χ1n) is 7.66. The van der Waals surface area contributed by atoms with Gasteiger partial charge in [0.25, 0.3) is 5.91 Å². The Hall–Kier alpha value is -3.07. The number of benzene rings is 1. The SMILES string of the molecule is O=C(Cn1ccc([N+](=O)[O-])n1)N(Cc1ccccn1)c1ccc(Br)cc1. The molecule has 0 aliphatic rings. The number of carbonyl (C=O) groups excluding carboxylic acids is 1. The van der Waals surface area contributed by atoms with Crippen molar-refractivity contribution in [3.8, 4) is 0 Å². The molecule has 8 nitrogen and oxygen atoms in total. The molecular formula is C17H14BrN5O3. The zero-order chi connectivity index (χ0) is 18.5. The van der Waals surface area contributed by atoms with Crippen LogP contribution in [0.25, 0.3) is 0 Å². The minimum Gasteiger partial charge on any atom is -0.358 e. The zero-order valence-corrected chi connectivity index (χ0v) is 15.1. The van der Waals surface area contributed by atoms with Gasteiger partial charge < -0.3 is 15.0 Å². The van der Waals surface area contributed by atoms with E-state index in [0.29, 0.717) is 5.69 Å². The Kier molecular flexibility index (Phi) is 5.37. The molecule has 0 spiro atoms. The van der Waals surface area contributed by atoms with Crippen LogP contribution < -0.4 is 4.90 Å². The Morgan fingerprint density at radius 3 is 2.58 bits per heavy atom. The van der Waals surface area contributed by atoms with Gasteiger partial charge in [0.05, 0.1) is 29.6 Å². The van der Waals surface area contributed by atoms with Crippen molar-refractivity contribution in [1.82, 2.24) is 14.8 Å². The van der Waals surface area contributed by atoms with Gasteiger partial charge in [-0.3, -0.25) is 9.78 Å². The fourth-order valence-electron chi connectivity index (χ4n) is 2.36. The van der Waals surface area contributed by atoms with Crippen molar-refractivity contribution in [3.05, 3.63) is 81.2 Å². The molecule has 1 aromatic carbocycles. The number of amides is 1. The molecule has 0 fully saturated rings. The van der Waals surface area contributed by atoms with Crippen molar-refractivity contribution >= 4 is 33.3 Å². The maximum absolute atomic E-state index is 12.8. The van der Waals surface area contributed by atoms with Gasteiger partial charge in [-0.1, -0.05) is 22.0 Å². The molecule has 0 N–H and O–H groups in total. The van der Waals surface area contributed by atoms with Crippen LogP contribution in [0.1, 0.15) is 5.69 Å². The van der Waals surface area contributed by atoms with E-state index in [2.05, 4.69) is 26.0 Å². The smallest absolute Gasteiger partial charge is 0.358 e. The summed E-state index contributed by atoms with van der Waals surface area (Å²) in [7, 11) is 0. The Labute approximate surface area is 157 Å². The predicted octanol–water partition coefficient (Wildman–Crippen LogP) is 3.18. The van der Waals surface area contributed by atoms with E-state index in [1.54, 1.807) is 17.2 Å². The molecule has 0 aliphatic heterocycles. The molecule has 0 saturated heterocycles. The minimum absolute atomic E-state index is 0.114. The highest BCUT2D eigenvalue weighted by atomic mass is 79.9. The number of hydrogen-bond acceptors (Lipinski definition) is 5.